The van der Waals surface area contributed by atoms with Crippen molar-refractivity contribution < 1.29 is 19.1 Å². The molecule has 4 nitrogen and oxygen atoms in total. The number of hydrogen-bond donors (Lipinski definition) is 0. The van der Waals surface area contributed by atoms with Crippen LogP contribution in [0.3, 0.4) is 0 Å². The lowest BCUT2D eigenvalue weighted by atomic mass is 9.86. The van der Waals surface area contributed by atoms with E-state index in [-0.39, 0.29) is 11.9 Å². The molecule has 3 aliphatic rings. The lowest BCUT2D eigenvalue weighted by Crippen LogP contribution is -2.18. The van der Waals surface area contributed by atoms with Gasteiger partial charge in [-0.2, -0.15) is 0 Å². The van der Waals surface area contributed by atoms with Gasteiger partial charge in [-0.1, -0.05) is 25.3 Å². The Kier molecular flexibility index (Phi) is 4.69. The molecule has 3 aliphatic carbocycles. The SMILES string of the molecule is C=CC(=O)OCCC1[C@@H]2C=C[C@H]1C1CC(COC(=O)C=C)CC12. The molecule has 0 amide bonds. The number of carbonyl (C=O) groups is 2. The summed E-state index contributed by atoms with van der Waals surface area (Å²) in [4.78, 5) is 22.4. The second-order valence-electron chi connectivity index (χ2n) is 6.86. The molecular formula is C19H24O4. The number of hydrogen-bond acceptors (Lipinski definition) is 4. The summed E-state index contributed by atoms with van der Waals surface area (Å²) in [5.74, 6) is 2.96. The van der Waals surface area contributed by atoms with Gasteiger partial charge < -0.3 is 9.47 Å². The minimum absolute atomic E-state index is 0.329. The molecule has 124 valence electrons. The summed E-state index contributed by atoms with van der Waals surface area (Å²) in [7, 11) is 0. The van der Waals surface area contributed by atoms with E-state index in [2.05, 4.69) is 25.3 Å². The fraction of sp³-hybridized carbons (Fsp3) is 0.579. The van der Waals surface area contributed by atoms with Gasteiger partial charge in [-0.15, -0.1) is 0 Å². The minimum Gasteiger partial charge on any atom is -0.463 e. The molecule has 0 aromatic rings. The third-order valence-corrected chi connectivity index (χ3v) is 5.78. The van der Waals surface area contributed by atoms with Crippen molar-refractivity contribution in [3.8, 4) is 0 Å². The van der Waals surface area contributed by atoms with E-state index in [4.69, 9.17) is 9.47 Å². The molecule has 0 spiro atoms. The zero-order valence-corrected chi connectivity index (χ0v) is 13.4. The van der Waals surface area contributed by atoms with Crippen LogP contribution in [0.25, 0.3) is 0 Å². The van der Waals surface area contributed by atoms with Gasteiger partial charge in [0.05, 0.1) is 13.2 Å². The molecule has 2 saturated carbocycles. The van der Waals surface area contributed by atoms with Gasteiger partial charge in [-0.25, -0.2) is 9.59 Å². The molecule has 6 atom stereocenters. The van der Waals surface area contributed by atoms with E-state index < -0.39 is 0 Å². The van der Waals surface area contributed by atoms with E-state index in [1.165, 1.54) is 12.2 Å². The highest BCUT2D eigenvalue weighted by atomic mass is 16.5. The molecule has 4 unspecified atom stereocenters. The van der Waals surface area contributed by atoms with Crippen molar-refractivity contribution in [2.45, 2.75) is 19.3 Å². The Hall–Kier alpha value is -1.84. The van der Waals surface area contributed by atoms with Crippen LogP contribution in [0.4, 0.5) is 0 Å². The van der Waals surface area contributed by atoms with E-state index in [0.717, 1.165) is 19.3 Å². The van der Waals surface area contributed by atoms with Gasteiger partial charge in [-0.05, 0) is 54.8 Å². The van der Waals surface area contributed by atoms with Gasteiger partial charge >= 0.3 is 11.9 Å². The lowest BCUT2D eigenvalue weighted by Gasteiger charge is -2.20. The highest BCUT2D eigenvalue weighted by molar-refractivity contribution is 5.81. The molecule has 2 fully saturated rings. The molecule has 0 aromatic carbocycles. The highest BCUT2D eigenvalue weighted by Crippen LogP contribution is 2.60. The summed E-state index contributed by atoms with van der Waals surface area (Å²) < 4.78 is 10.4. The van der Waals surface area contributed by atoms with Crippen LogP contribution in [-0.2, 0) is 19.1 Å². The first-order valence-corrected chi connectivity index (χ1v) is 8.40. The van der Waals surface area contributed by atoms with E-state index in [1.807, 2.05) is 0 Å². The Morgan fingerprint density at radius 2 is 1.57 bits per heavy atom. The van der Waals surface area contributed by atoms with Gasteiger partial charge in [0, 0.05) is 12.2 Å². The molecular weight excluding hydrogens is 292 g/mol. The maximum atomic E-state index is 11.2. The van der Waals surface area contributed by atoms with Crippen LogP contribution in [0.2, 0.25) is 0 Å². The van der Waals surface area contributed by atoms with E-state index >= 15 is 0 Å². The molecule has 0 aromatic heterocycles. The van der Waals surface area contributed by atoms with Crippen molar-refractivity contribution in [2.24, 2.45) is 35.5 Å². The van der Waals surface area contributed by atoms with Gasteiger partial charge in [0.25, 0.3) is 0 Å². The number of fused-ring (bicyclic) bond motifs is 5. The summed E-state index contributed by atoms with van der Waals surface area (Å²) in [5, 5.41) is 0. The van der Waals surface area contributed by atoms with Crippen molar-refractivity contribution >= 4 is 11.9 Å². The fourth-order valence-electron chi connectivity index (χ4n) is 4.95. The van der Waals surface area contributed by atoms with E-state index in [1.54, 1.807) is 0 Å². The second kappa shape index (κ2) is 6.73. The predicted molar refractivity (Wildman–Crippen MR) is 86.2 cm³/mol. The molecule has 4 heteroatoms. The molecule has 2 bridgehead atoms. The van der Waals surface area contributed by atoms with Crippen molar-refractivity contribution in [1.29, 1.82) is 0 Å². The summed E-state index contributed by atoms with van der Waals surface area (Å²) in [5.41, 5.74) is 0. The van der Waals surface area contributed by atoms with Crippen LogP contribution >= 0.6 is 0 Å². The van der Waals surface area contributed by atoms with Crippen molar-refractivity contribution in [3.63, 3.8) is 0 Å². The highest BCUT2D eigenvalue weighted by Gasteiger charge is 2.54. The summed E-state index contributed by atoms with van der Waals surface area (Å²) in [6, 6.07) is 0. The Morgan fingerprint density at radius 3 is 2.13 bits per heavy atom. The largest absolute Gasteiger partial charge is 0.463 e. The zero-order chi connectivity index (χ0) is 16.4. The van der Waals surface area contributed by atoms with Crippen LogP contribution in [0.5, 0.6) is 0 Å². The third-order valence-electron chi connectivity index (χ3n) is 5.78. The van der Waals surface area contributed by atoms with Gasteiger partial charge in [-0.3, -0.25) is 0 Å². The van der Waals surface area contributed by atoms with Crippen LogP contribution in [-0.4, -0.2) is 25.2 Å². The normalized spacial score (nSPS) is 36.5. The molecule has 0 aliphatic heterocycles. The predicted octanol–water partition coefficient (Wildman–Crippen LogP) is 2.91. The molecule has 3 rings (SSSR count). The number of rotatable bonds is 7. The Bertz CT molecular complexity index is 513. The van der Waals surface area contributed by atoms with E-state index in [0.29, 0.717) is 48.7 Å². The maximum Gasteiger partial charge on any atom is 0.330 e. The van der Waals surface area contributed by atoms with Crippen molar-refractivity contribution in [2.75, 3.05) is 13.2 Å². The van der Waals surface area contributed by atoms with Gasteiger partial charge in [0.2, 0.25) is 0 Å². The molecule has 0 N–H and O–H groups in total. The Labute approximate surface area is 137 Å². The molecule has 0 radical (unpaired) electrons. The van der Waals surface area contributed by atoms with Crippen LogP contribution in [0.1, 0.15) is 19.3 Å². The van der Waals surface area contributed by atoms with Crippen LogP contribution in [0.15, 0.2) is 37.5 Å². The maximum absolute atomic E-state index is 11.2. The average Bonchev–Trinajstić information content (AvgIpc) is 3.22. The monoisotopic (exact) mass is 316 g/mol. The van der Waals surface area contributed by atoms with Crippen molar-refractivity contribution in [1.82, 2.24) is 0 Å². The van der Waals surface area contributed by atoms with Crippen LogP contribution < -0.4 is 0 Å². The average molecular weight is 316 g/mol. The quantitative estimate of drug-likeness (QED) is 0.412. The second-order valence-corrected chi connectivity index (χ2v) is 6.86. The number of esters is 2. The summed E-state index contributed by atoms with van der Waals surface area (Å²) in [6.45, 7) is 7.83. The number of allylic oxidation sites excluding steroid dienone is 2. The first-order chi connectivity index (χ1) is 11.1. The van der Waals surface area contributed by atoms with Gasteiger partial charge in [0.1, 0.15) is 0 Å². The minimum atomic E-state index is -0.340. The number of ether oxygens (including phenoxy) is 2. The standard InChI is InChI=1S/C19H24O4/c1-3-18(20)22-8-7-15-13-5-6-14(15)17-10-12(9-16(13)17)11-23-19(21)4-2/h3-6,12-17H,1-2,7-11H2/t12?,13-,14+,15?,16?,17?. The first-order valence-electron chi connectivity index (χ1n) is 8.40. The Morgan fingerprint density at radius 1 is 1.00 bits per heavy atom. The number of carbonyl (C=O) groups excluding carboxylic acids is 2. The first kappa shape index (κ1) is 16.0. The van der Waals surface area contributed by atoms with Gasteiger partial charge in [0.15, 0.2) is 0 Å². The summed E-state index contributed by atoms with van der Waals surface area (Å²) in [6.07, 6.45) is 10.3. The summed E-state index contributed by atoms with van der Waals surface area (Å²) >= 11 is 0. The smallest absolute Gasteiger partial charge is 0.330 e. The zero-order valence-electron chi connectivity index (χ0n) is 13.4. The fourth-order valence-corrected chi connectivity index (χ4v) is 4.95. The van der Waals surface area contributed by atoms with Crippen molar-refractivity contribution in [3.05, 3.63) is 37.5 Å². The van der Waals surface area contributed by atoms with Crippen LogP contribution in [0, 0.1) is 35.5 Å². The third kappa shape index (κ3) is 3.12. The topological polar surface area (TPSA) is 52.6 Å². The molecule has 0 heterocycles. The lowest BCUT2D eigenvalue weighted by molar-refractivity contribution is -0.139. The van der Waals surface area contributed by atoms with E-state index in [9.17, 15) is 9.59 Å². The molecule has 23 heavy (non-hydrogen) atoms. The Balaban J connectivity index is 1.50. The molecule has 0 saturated heterocycles.